The lowest BCUT2D eigenvalue weighted by molar-refractivity contribution is -0.141. The zero-order chi connectivity index (χ0) is 26.8. The number of Topliss-reactive ketones (excluding diaryl/α,β-unsaturated/α-hetero) is 1. The predicted molar refractivity (Wildman–Crippen MR) is 124 cm³/mol. The van der Waals surface area contributed by atoms with Gasteiger partial charge in [-0.2, -0.15) is 26.3 Å². The summed E-state index contributed by atoms with van der Waals surface area (Å²) in [5.41, 5.74) is -1.54. The molecule has 2 amide bonds. The topological polar surface area (TPSA) is 53.5 Å². The van der Waals surface area contributed by atoms with Crippen molar-refractivity contribution in [2.24, 2.45) is 5.92 Å². The van der Waals surface area contributed by atoms with Crippen LogP contribution in [0.15, 0.2) is 42.6 Å². The second-order valence-electron chi connectivity index (χ2n) is 9.73. The summed E-state index contributed by atoms with van der Waals surface area (Å²) in [7, 11) is 0. The number of nitrogens with zero attached hydrogens (tertiary/aromatic N) is 3. The third-order valence-corrected chi connectivity index (χ3v) is 6.99. The molecule has 1 aromatic heterocycles. The smallest absolute Gasteiger partial charge is 0.312 e. The van der Waals surface area contributed by atoms with Crippen LogP contribution in [-0.4, -0.2) is 40.8 Å². The maximum Gasteiger partial charge on any atom is 0.433 e. The van der Waals surface area contributed by atoms with E-state index in [0.29, 0.717) is 12.3 Å². The molecule has 200 valence electrons. The van der Waals surface area contributed by atoms with Gasteiger partial charge in [-0.15, -0.1) is 0 Å². The van der Waals surface area contributed by atoms with Gasteiger partial charge in [-0.1, -0.05) is 50.3 Å². The van der Waals surface area contributed by atoms with E-state index in [-0.39, 0.29) is 36.8 Å². The lowest BCUT2D eigenvalue weighted by Crippen LogP contribution is -2.40. The number of aromatic nitrogens is 1. The number of hydrogen-bond acceptors (Lipinski definition) is 3. The average molecular weight is 528 g/mol. The molecule has 0 spiro atoms. The number of benzene rings is 1. The molecule has 2 heterocycles. The van der Waals surface area contributed by atoms with E-state index in [0.717, 1.165) is 56.5 Å². The van der Waals surface area contributed by atoms with Crippen LogP contribution >= 0.6 is 0 Å². The summed E-state index contributed by atoms with van der Waals surface area (Å²) < 4.78 is 77.9. The van der Waals surface area contributed by atoms with Crippen LogP contribution in [0.4, 0.5) is 36.8 Å². The van der Waals surface area contributed by atoms with Crippen molar-refractivity contribution in [2.75, 3.05) is 18.0 Å². The fourth-order valence-electron chi connectivity index (χ4n) is 5.17. The molecule has 2 aliphatic rings. The van der Waals surface area contributed by atoms with E-state index >= 15 is 0 Å². The van der Waals surface area contributed by atoms with E-state index in [1.165, 1.54) is 28.0 Å². The zero-order valence-electron chi connectivity index (χ0n) is 20.0. The Hall–Kier alpha value is -3.11. The number of hydrogen-bond donors (Lipinski definition) is 0. The number of anilines is 1. The summed E-state index contributed by atoms with van der Waals surface area (Å²) in [6.45, 7) is -0.101. The average Bonchev–Trinajstić information content (AvgIpc) is 3.13. The first-order chi connectivity index (χ1) is 17.4. The molecule has 1 aromatic carbocycles. The van der Waals surface area contributed by atoms with Gasteiger partial charge >= 0.3 is 18.4 Å². The molecule has 5 nitrogen and oxygen atoms in total. The molecule has 1 aliphatic carbocycles. The van der Waals surface area contributed by atoms with Crippen LogP contribution in [0.25, 0.3) is 0 Å². The highest BCUT2D eigenvalue weighted by Crippen LogP contribution is 2.34. The van der Waals surface area contributed by atoms with Gasteiger partial charge < -0.3 is 4.90 Å². The van der Waals surface area contributed by atoms with Crippen LogP contribution in [-0.2, 0) is 23.6 Å². The van der Waals surface area contributed by atoms with Crippen molar-refractivity contribution in [1.82, 2.24) is 9.88 Å². The van der Waals surface area contributed by atoms with Gasteiger partial charge in [0.05, 0.1) is 30.0 Å². The molecule has 0 unspecified atom stereocenters. The number of urea groups is 1. The summed E-state index contributed by atoms with van der Waals surface area (Å²) in [4.78, 5) is 32.4. The van der Waals surface area contributed by atoms with Gasteiger partial charge in [0.25, 0.3) is 0 Å². The van der Waals surface area contributed by atoms with Gasteiger partial charge in [0.15, 0.2) is 5.78 Å². The summed E-state index contributed by atoms with van der Waals surface area (Å²) in [6, 6.07) is 5.62. The Morgan fingerprint density at radius 2 is 1.70 bits per heavy atom. The minimum Gasteiger partial charge on any atom is -0.312 e. The molecule has 1 saturated carbocycles. The first kappa shape index (κ1) is 26.9. The van der Waals surface area contributed by atoms with Crippen molar-refractivity contribution < 1.29 is 35.9 Å². The van der Waals surface area contributed by atoms with Crippen LogP contribution in [0.5, 0.6) is 0 Å². The number of ketones is 1. The number of halogens is 6. The number of rotatable bonds is 7. The number of carbonyl (C=O) groups is 2. The van der Waals surface area contributed by atoms with E-state index in [9.17, 15) is 35.9 Å². The number of amides is 2. The lowest BCUT2D eigenvalue weighted by Gasteiger charge is -2.28. The molecule has 4 rings (SSSR count). The molecule has 1 saturated heterocycles. The van der Waals surface area contributed by atoms with Crippen molar-refractivity contribution in [1.29, 1.82) is 0 Å². The Morgan fingerprint density at radius 1 is 0.973 bits per heavy atom. The van der Waals surface area contributed by atoms with E-state index in [2.05, 4.69) is 4.98 Å². The van der Waals surface area contributed by atoms with E-state index < -0.39 is 35.4 Å². The molecular weight excluding hydrogens is 500 g/mol. The fraction of sp³-hybridized carbons (Fsp3) is 0.500. The predicted octanol–water partition coefficient (Wildman–Crippen LogP) is 6.51. The minimum absolute atomic E-state index is 0.194. The third-order valence-electron chi connectivity index (χ3n) is 6.99. The normalized spacial score (nSPS) is 19.5. The minimum atomic E-state index is -4.61. The molecule has 2 fully saturated rings. The quantitative estimate of drug-likeness (QED) is 0.386. The van der Waals surface area contributed by atoms with E-state index in [4.69, 9.17) is 0 Å². The van der Waals surface area contributed by atoms with Gasteiger partial charge in [0, 0.05) is 13.0 Å². The maximum absolute atomic E-state index is 13.3. The van der Waals surface area contributed by atoms with E-state index in [1.54, 1.807) is 0 Å². The van der Waals surface area contributed by atoms with Crippen molar-refractivity contribution in [3.63, 3.8) is 0 Å². The van der Waals surface area contributed by atoms with Crippen molar-refractivity contribution in [3.8, 4) is 0 Å². The highest BCUT2D eigenvalue weighted by Gasteiger charge is 2.41. The monoisotopic (exact) mass is 527 g/mol. The second-order valence-corrected chi connectivity index (χ2v) is 9.73. The van der Waals surface area contributed by atoms with Crippen molar-refractivity contribution in [3.05, 3.63) is 59.4 Å². The number of pyridine rings is 1. The molecule has 1 aliphatic heterocycles. The van der Waals surface area contributed by atoms with Crippen molar-refractivity contribution in [2.45, 2.75) is 63.3 Å². The standard InChI is InChI=1S/C26H27F6N3O2/c27-25(28,29)19-8-4-7-18(11-19)13-22(36)16-35-21(12-17-5-2-1-3-6-17)15-34(24(35)37)20-9-10-23(33-14-20)26(30,31)32/h4,7-11,14,17,21H,1-3,5-6,12-13,15-16H2/t21-/m0/s1. The zero-order valence-corrected chi connectivity index (χ0v) is 20.0. The summed E-state index contributed by atoms with van der Waals surface area (Å²) in [5.74, 6) is -0.0630. The number of carbonyl (C=O) groups excluding carboxylic acids is 2. The summed E-state index contributed by atoms with van der Waals surface area (Å²) in [5, 5.41) is 0. The largest absolute Gasteiger partial charge is 0.433 e. The molecule has 0 radical (unpaired) electrons. The summed E-state index contributed by atoms with van der Waals surface area (Å²) in [6.07, 6.45) is -2.49. The third kappa shape index (κ3) is 6.61. The fourth-order valence-corrected chi connectivity index (χ4v) is 5.17. The first-order valence-corrected chi connectivity index (χ1v) is 12.2. The summed E-state index contributed by atoms with van der Waals surface area (Å²) >= 11 is 0. The van der Waals surface area contributed by atoms with Gasteiger partial charge in [0.2, 0.25) is 0 Å². The molecule has 37 heavy (non-hydrogen) atoms. The van der Waals surface area contributed by atoms with Gasteiger partial charge in [-0.3, -0.25) is 9.69 Å². The Labute approximate surface area is 210 Å². The van der Waals surface area contributed by atoms with E-state index in [1.807, 2.05) is 0 Å². The number of alkyl halides is 6. The van der Waals surface area contributed by atoms with Gasteiger partial charge in [0.1, 0.15) is 5.69 Å². The molecule has 0 bridgehead atoms. The SMILES string of the molecule is O=C(Cc1cccc(C(F)(F)F)c1)CN1C(=O)N(c2ccc(C(F)(F)F)nc2)C[C@@H]1CC1CCCCC1. The highest BCUT2D eigenvalue weighted by atomic mass is 19.4. The van der Waals surface area contributed by atoms with Gasteiger partial charge in [-0.25, -0.2) is 9.78 Å². The lowest BCUT2D eigenvalue weighted by atomic mass is 9.84. The molecule has 1 atom stereocenters. The Bertz CT molecular complexity index is 1110. The van der Waals surface area contributed by atoms with Gasteiger partial charge in [-0.05, 0) is 36.1 Å². The van der Waals surface area contributed by atoms with Crippen LogP contribution in [0.2, 0.25) is 0 Å². The first-order valence-electron chi connectivity index (χ1n) is 12.2. The van der Waals surface area contributed by atoms with Crippen molar-refractivity contribution >= 4 is 17.5 Å². The van der Waals surface area contributed by atoms with Crippen LogP contribution in [0.1, 0.15) is 55.3 Å². The Kier molecular flexibility index (Phi) is 7.80. The molecular formula is C26H27F6N3O2. The second kappa shape index (κ2) is 10.7. The highest BCUT2D eigenvalue weighted by molar-refractivity contribution is 5.97. The van der Waals surface area contributed by atoms with Crippen LogP contribution in [0, 0.1) is 5.92 Å². The molecule has 2 aromatic rings. The molecule has 0 N–H and O–H groups in total. The Balaban J connectivity index is 1.51. The van der Waals surface area contributed by atoms with Crippen LogP contribution in [0.3, 0.4) is 0 Å². The Morgan fingerprint density at radius 3 is 2.32 bits per heavy atom. The van der Waals surface area contributed by atoms with Crippen LogP contribution < -0.4 is 4.90 Å². The maximum atomic E-state index is 13.3. The molecule has 11 heteroatoms.